The molecular formula is C26H28N6O3. The third kappa shape index (κ3) is 4.38. The van der Waals surface area contributed by atoms with Crippen molar-refractivity contribution < 1.29 is 14.6 Å². The van der Waals surface area contributed by atoms with E-state index in [4.69, 9.17) is 14.5 Å². The van der Waals surface area contributed by atoms with Gasteiger partial charge in [0, 0.05) is 35.2 Å². The van der Waals surface area contributed by atoms with Crippen LogP contribution in [0.1, 0.15) is 29.3 Å². The van der Waals surface area contributed by atoms with Gasteiger partial charge in [0.1, 0.15) is 6.07 Å². The fourth-order valence-corrected chi connectivity index (χ4v) is 4.30. The molecule has 2 aliphatic heterocycles. The Kier molecular flexibility index (Phi) is 6.01. The fraction of sp³-hybridized carbons (Fsp3) is 0.385. The van der Waals surface area contributed by atoms with E-state index in [1.165, 1.54) is 0 Å². The molecule has 0 radical (unpaired) electrons. The molecule has 2 aliphatic rings. The molecule has 2 aromatic heterocycles. The van der Waals surface area contributed by atoms with Crippen molar-refractivity contribution in [1.82, 2.24) is 15.0 Å². The van der Waals surface area contributed by atoms with Crippen molar-refractivity contribution in [3.63, 3.8) is 0 Å². The smallest absolute Gasteiger partial charge is 0.227 e. The number of hydrogen-bond donors (Lipinski definition) is 3. The molecule has 35 heavy (non-hydrogen) atoms. The maximum absolute atomic E-state index is 9.97. The number of nitrogens with zero attached hydrogens (tertiary/aromatic N) is 4. The van der Waals surface area contributed by atoms with Crippen molar-refractivity contribution in [2.24, 2.45) is 5.92 Å². The van der Waals surface area contributed by atoms with Crippen LogP contribution in [0.15, 0.2) is 30.5 Å². The molecule has 1 atom stereocenters. The number of aliphatic hydroxyl groups excluding tert-OH is 1. The molecule has 9 heteroatoms. The average molecular weight is 473 g/mol. The Hall–Kier alpha value is -3.74. The number of aryl methyl sites for hydroxylation is 2. The first kappa shape index (κ1) is 23.0. The number of aliphatic hydroxyl groups is 1. The Morgan fingerprint density at radius 3 is 2.83 bits per heavy atom. The molecule has 0 spiro atoms. The summed E-state index contributed by atoms with van der Waals surface area (Å²) in [6, 6.07) is 9.87. The lowest BCUT2D eigenvalue weighted by Crippen LogP contribution is -2.32. The molecule has 0 bridgehead atoms. The number of pyridine rings is 1. The summed E-state index contributed by atoms with van der Waals surface area (Å²) in [7, 11) is 0. The molecule has 1 aromatic carbocycles. The van der Waals surface area contributed by atoms with E-state index >= 15 is 0 Å². The third-order valence-electron chi connectivity index (χ3n) is 6.63. The van der Waals surface area contributed by atoms with Crippen LogP contribution in [0, 0.1) is 31.1 Å². The monoisotopic (exact) mass is 472 g/mol. The quantitative estimate of drug-likeness (QED) is 0.474. The van der Waals surface area contributed by atoms with Crippen molar-refractivity contribution >= 4 is 17.3 Å². The molecule has 1 fully saturated rings. The van der Waals surface area contributed by atoms with Gasteiger partial charge in [-0.15, -0.1) is 0 Å². The zero-order valence-corrected chi connectivity index (χ0v) is 20.1. The molecule has 9 nitrogen and oxygen atoms in total. The summed E-state index contributed by atoms with van der Waals surface area (Å²) >= 11 is 0. The maximum Gasteiger partial charge on any atom is 0.227 e. The van der Waals surface area contributed by atoms with E-state index in [2.05, 4.69) is 26.7 Å². The van der Waals surface area contributed by atoms with Gasteiger partial charge in [0.15, 0.2) is 0 Å². The maximum atomic E-state index is 9.97. The van der Waals surface area contributed by atoms with E-state index in [1.54, 1.807) is 6.20 Å². The van der Waals surface area contributed by atoms with Crippen LogP contribution in [-0.4, -0.2) is 53.0 Å². The first-order chi connectivity index (χ1) is 16.9. The second-order valence-electron chi connectivity index (χ2n) is 9.48. The molecule has 0 unspecified atom stereocenters. The Morgan fingerprint density at radius 2 is 2.11 bits per heavy atom. The highest BCUT2D eigenvalue weighted by atomic mass is 16.5. The molecule has 1 saturated heterocycles. The van der Waals surface area contributed by atoms with E-state index in [-0.39, 0.29) is 6.61 Å². The van der Waals surface area contributed by atoms with Crippen LogP contribution in [0.3, 0.4) is 0 Å². The summed E-state index contributed by atoms with van der Waals surface area (Å²) in [4.78, 5) is 13.7. The van der Waals surface area contributed by atoms with E-state index in [0.717, 1.165) is 47.0 Å². The summed E-state index contributed by atoms with van der Waals surface area (Å²) < 4.78 is 11.1. The second-order valence-corrected chi connectivity index (χ2v) is 9.48. The number of hydrogen-bond acceptors (Lipinski definition) is 9. The third-order valence-corrected chi connectivity index (χ3v) is 6.63. The summed E-state index contributed by atoms with van der Waals surface area (Å²) in [6.07, 6.45) is 1.68. The van der Waals surface area contributed by atoms with E-state index < -0.39 is 5.41 Å². The standard InChI is InChI=1S/C26H28N6O3/c1-15-6-22(16(2)30-24(15)35-12-17-10-34-11-17)32-25-28-5-4-21(31-25)18-7-19(9-27)23-20(8-18)26(3,14-33)13-29-23/h4-8,17,29,33H,10-14H2,1-3H3,(H,28,31,32)/t26-/m1/s1. The highest BCUT2D eigenvalue weighted by Gasteiger charge is 2.36. The SMILES string of the molecule is Cc1cc(Nc2nccc(-c3cc(C#N)c4c(c3)[C@@](C)(CO)CN4)n2)c(C)nc1OCC1COC1. The number of nitriles is 1. The largest absolute Gasteiger partial charge is 0.477 e. The second kappa shape index (κ2) is 9.13. The number of aromatic nitrogens is 3. The zero-order valence-electron chi connectivity index (χ0n) is 20.1. The van der Waals surface area contributed by atoms with Crippen LogP contribution in [-0.2, 0) is 10.2 Å². The van der Waals surface area contributed by atoms with Gasteiger partial charge in [-0.1, -0.05) is 6.92 Å². The highest BCUT2D eigenvalue weighted by molar-refractivity contribution is 5.76. The lowest BCUT2D eigenvalue weighted by atomic mass is 9.83. The van der Waals surface area contributed by atoms with Crippen LogP contribution in [0.4, 0.5) is 17.3 Å². The number of nitrogens with one attached hydrogen (secondary N) is 2. The predicted molar refractivity (Wildman–Crippen MR) is 132 cm³/mol. The predicted octanol–water partition coefficient (Wildman–Crippen LogP) is 3.47. The van der Waals surface area contributed by atoms with Crippen LogP contribution in [0.25, 0.3) is 11.3 Å². The molecule has 5 rings (SSSR count). The fourth-order valence-electron chi connectivity index (χ4n) is 4.30. The molecule has 4 heterocycles. The van der Waals surface area contributed by atoms with Gasteiger partial charge in [-0.05, 0) is 43.7 Å². The Balaban J connectivity index is 1.41. The van der Waals surface area contributed by atoms with E-state index in [9.17, 15) is 10.4 Å². The Morgan fingerprint density at radius 1 is 1.29 bits per heavy atom. The molecule has 3 aromatic rings. The highest BCUT2D eigenvalue weighted by Crippen LogP contribution is 2.41. The van der Waals surface area contributed by atoms with Gasteiger partial charge in [0.25, 0.3) is 0 Å². The summed E-state index contributed by atoms with van der Waals surface area (Å²) in [5.41, 5.74) is 5.74. The Labute approximate surface area is 204 Å². The molecule has 0 amide bonds. The summed E-state index contributed by atoms with van der Waals surface area (Å²) in [5, 5.41) is 26.2. The molecular weight excluding hydrogens is 444 g/mol. The molecule has 0 saturated carbocycles. The zero-order chi connectivity index (χ0) is 24.6. The number of ether oxygens (including phenoxy) is 2. The number of fused-ring (bicyclic) bond motifs is 1. The molecule has 3 N–H and O–H groups in total. The number of rotatable bonds is 7. The molecule has 0 aliphatic carbocycles. The first-order valence-electron chi connectivity index (χ1n) is 11.6. The minimum absolute atomic E-state index is 0.0162. The van der Waals surface area contributed by atoms with Gasteiger partial charge in [-0.2, -0.15) is 5.26 Å². The van der Waals surface area contributed by atoms with Gasteiger partial charge in [0.05, 0.1) is 54.8 Å². The van der Waals surface area contributed by atoms with Crippen LogP contribution in [0.5, 0.6) is 5.88 Å². The van der Waals surface area contributed by atoms with Gasteiger partial charge in [-0.3, -0.25) is 0 Å². The molecule has 180 valence electrons. The van der Waals surface area contributed by atoms with Gasteiger partial charge in [0.2, 0.25) is 11.8 Å². The van der Waals surface area contributed by atoms with Crippen molar-refractivity contribution in [3.05, 3.63) is 52.8 Å². The van der Waals surface area contributed by atoms with Crippen LogP contribution in [0.2, 0.25) is 0 Å². The lowest BCUT2D eigenvalue weighted by Gasteiger charge is -2.25. The van der Waals surface area contributed by atoms with Crippen molar-refractivity contribution in [1.29, 1.82) is 5.26 Å². The number of anilines is 3. The van der Waals surface area contributed by atoms with E-state index in [1.807, 2.05) is 45.0 Å². The normalized spacial score (nSPS) is 18.8. The van der Waals surface area contributed by atoms with Crippen molar-refractivity contribution in [2.45, 2.75) is 26.2 Å². The number of benzene rings is 1. The van der Waals surface area contributed by atoms with Crippen LogP contribution >= 0.6 is 0 Å². The summed E-state index contributed by atoms with van der Waals surface area (Å²) in [5.74, 6) is 1.48. The average Bonchev–Trinajstić information content (AvgIpc) is 3.18. The minimum Gasteiger partial charge on any atom is -0.477 e. The van der Waals surface area contributed by atoms with Gasteiger partial charge >= 0.3 is 0 Å². The first-order valence-corrected chi connectivity index (χ1v) is 11.6. The topological polar surface area (TPSA) is 125 Å². The van der Waals surface area contributed by atoms with Gasteiger partial charge < -0.3 is 25.2 Å². The van der Waals surface area contributed by atoms with E-state index in [0.29, 0.717) is 42.2 Å². The lowest BCUT2D eigenvalue weighted by molar-refractivity contribution is -0.0515. The van der Waals surface area contributed by atoms with Gasteiger partial charge in [-0.25, -0.2) is 15.0 Å². The minimum atomic E-state index is -0.458. The van der Waals surface area contributed by atoms with Crippen LogP contribution < -0.4 is 15.4 Å². The Bertz CT molecular complexity index is 1320. The van der Waals surface area contributed by atoms with Crippen molar-refractivity contribution in [2.75, 3.05) is 43.6 Å². The van der Waals surface area contributed by atoms with Crippen molar-refractivity contribution in [3.8, 4) is 23.2 Å². The summed E-state index contributed by atoms with van der Waals surface area (Å²) in [6.45, 7) is 8.49.